The Bertz CT molecular complexity index is 3110. The Labute approximate surface area is 760 Å². The van der Waals surface area contributed by atoms with Gasteiger partial charge in [-0.3, -0.25) is 19.7 Å². The van der Waals surface area contributed by atoms with Crippen molar-refractivity contribution < 1.29 is 166 Å². The Balaban J connectivity index is 0.851. The molecule has 127 heavy (non-hydrogen) atoms. The highest BCUT2D eigenvalue weighted by molar-refractivity contribution is 7.94. The predicted octanol–water partition coefficient (Wildman–Crippen LogP) is 7.01. The van der Waals surface area contributed by atoms with Gasteiger partial charge in [-0.05, 0) is 79.5 Å². The first-order valence-electron chi connectivity index (χ1n) is 44.6. The van der Waals surface area contributed by atoms with Crippen molar-refractivity contribution in [1.82, 2.24) is 5.32 Å². The molecule has 1 amide bonds. The highest BCUT2D eigenvalue weighted by Gasteiger charge is 2.43. The largest absolute Gasteiger partial charge is 0.691 e. The van der Waals surface area contributed by atoms with Crippen molar-refractivity contribution in [3.05, 3.63) is 71.3 Å². The van der Waals surface area contributed by atoms with Gasteiger partial charge in [0.2, 0.25) is 11.5 Å². The SMILES string of the molecule is COCCOCCOCCOCCOCCOCCOCCOCCOCCOCCOCCOCCOCCOCCOCCOCCOCCOCCOCCOCCOCCOCCOCCOCCNC(=O)CCCCCN1C(=CC=Cc2oc3ccc(C(C)(C)C)cc3[n+]2CCCSOO[O-])C(C)(CCCCCC(=O)OC)c2cc(SOO[O-])ccc21. The second-order valence-electron chi connectivity index (χ2n) is 29.5. The number of oxazole rings is 1. The van der Waals surface area contributed by atoms with Gasteiger partial charge >= 0.3 is 11.9 Å². The van der Waals surface area contributed by atoms with Crippen LogP contribution in [0.1, 0.15) is 109 Å². The van der Waals surface area contributed by atoms with Crippen molar-refractivity contribution in [2.45, 2.75) is 114 Å². The number of carbonyl (C=O) groups excluding carboxylic acids is 2. The average Bonchev–Trinajstić information content (AvgIpc) is 1.45. The lowest BCUT2D eigenvalue weighted by molar-refractivity contribution is -0.777. The number of unbranched alkanes of at least 4 members (excludes halogenated alkanes) is 4. The fourth-order valence-electron chi connectivity index (χ4n) is 12.3. The summed E-state index contributed by atoms with van der Waals surface area (Å²) in [5.74, 6) is 0.904. The quantitative estimate of drug-likeness (QED) is 0.0148. The van der Waals surface area contributed by atoms with E-state index >= 15 is 0 Å². The third kappa shape index (κ3) is 60.5. The van der Waals surface area contributed by atoms with Gasteiger partial charge < -0.3 is 144 Å². The van der Waals surface area contributed by atoms with E-state index < -0.39 is 5.41 Å². The molecule has 1 unspecified atom stereocenters. The maximum atomic E-state index is 12.9. The molecule has 0 fully saturated rings. The van der Waals surface area contributed by atoms with E-state index in [0.29, 0.717) is 379 Å². The molecule has 1 aliphatic heterocycles. The molecule has 1 N–H and O–H groups in total. The van der Waals surface area contributed by atoms with Crippen LogP contribution in [0.5, 0.6) is 0 Å². The Morgan fingerprint density at radius 2 is 0.827 bits per heavy atom. The second kappa shape index (κ2) is 82.3. The molecule has 37 nitrogen and oxygen atoms in total. The van der Waals surface area contributed by atoms with Crippen molar-refractivity contribution in [1.29, 1.82) is 0 Å². The Morgan fingerprint density at radius 1 is 0.449 bits per heavy atom. The zero-order valence-electron chi connectivity index (χ0n) is 76.4. The summed E-state index contributed by atoms with van der Waals surface area (Å²) in [6.45, 7) is 32.6. The molecule has 0 aliphatic carbocycles. The number of anilines is 1. The van der Waals surface area contributed by atoms with Gasteiger partial charge in [0.1, 0.15) is 0 Å². The number of nitrogens with one attached hydrogen (secondary N) is 1. The van der Waals surface area contributed by atoms with Crippen molar-refractivity contribution in [3.8, 4) is 0 Å². The van der Waals surface area contributed by atoms with Gasteiger partial charge in [0, 0.05) is 85.0 Å². The van der Waals surface area contributed by atoms with E-state index in [0.717, 1.165) is 84.2 Å². The lowest BCUT2D eigenvalue weighted by atomic mass is 9.77. The Hall–Kier alpha value is -4.37. The summed E-state index contributed by atoms with van der Waals surface area (Å²) in [5, 5.41) is 31.6. The number of methoxy groups -OCH3 is 2. The smallest absolute Gasteiger partial charge is 0.374 e. The van der Waals surface area contributed by atoms with Crippen molar-refractivity contribution in [2.24, 2.45) is 0 Å². The van der Waals surface area contributed by atoms with Crippen LogP contribution in [-0.2, 0) is 164 Å². The minimum atomic E-state index is -0.501. The minimum absolute atomic E-state index is 0.0369. The predicted molar refractivity (Wildman–Crippen MR) is 468 cm³/mol. The van der Waals surface area contributed by atoms with Crippen LogP contribution in [0.3, 0.4) is 0 Å². The van der Waals surface area contributed by atoms with E-state index in [9.17, 15) is 20.1 Å². The van der Waals surface area contributed by atoms with E-state index in [1.54, 1.807) is 7.11 Å². The molecule has 3 aromatic rings. The van der Waals surface area contributed by atoms with E-state index in [2.05, 4.69) is 75.1 Å². The number of aryl methyl sites for hydroxylation is 1. The number of rotatable bonds is 95. The standard InChI is InChI=1S/C88H151N3O34S2/c1-87(2,3)77-19-22-82-81(75-77)91(26-14-74-126-124-122-94)85(121-82)17-13-15-83-88(4,23-11-7-10-18-86(93)97-6)79-76-78(127-125-123-95)20-21-80(79)90(83)25-12-8-9-16-84(92)89-24-27-98-30-31-100-34-35-102-38-39-104-42-43-106-46-47-108-50-51-110-54-55-112-58-59-114-62-63-116-66-67-118-70-71-120-73-72-119-69-68-117-65-64-115-61-60-113-57-56-111-53-52-109-49-48-107-45-44-105-41-40-103-37-36-101-33-32-99-29-28-96-5/h13,15,17,19-22,75-76H,7-12,14,16,18,23-74H2,1-6H3,(H2-,89,92,94,95)/p-1. The second-order valence-corrected chi connectivity index (χ2v) is 31.1. The third-order valence-electron chi connectivity index (χ3n) is 18.9. The van der Waals surface area contributed by atoms with Gasteiger partial charge in [0.05, 0.1) is 336 Å². The summed E-state index contributed by atoms with van der Waals surface area (Å²) in [4.78, 5) is 28.0. The fraction of sp³-hybridized carbons (Fsp3) is 0.784. The lowest BCUT2D eigenvalue weighted by Crippen LogP contribution is -2.35. The number of ether oxygens (including phenoxy) is 25. The summed E-state index contributed by atoms with van der Waals surface area (Å²) >= 11 is 1.80. The number of aromatic nitrogens is 1. The highest BCUT2D eigenvalue weighted by atomic mass is 32.2. The number of fused-ring (bicyclic) bond motifs is 2. The number of nitrogens with zero attached hydrogens (tertiary/aromatic N) is 2. The fourth-order valence-corrected chi connectivity index (χ4v) is 13.1. The van der Waals surface area contributed by atoms with Crippen LogP contribution in [0.25, 0.3) is 17.2 Å². The van der Waals surface area contributed by atoms with Crippen molar-refractivity contribution in [2.75, 3.05) is 348 Å². The van der Waals surface area contributed by atoms with Crippen LogP contribution >= 0.6 is 24.1 Å². The Kier molecular flexibility index (Phi) is 74.5. The molecule has 2 aromatic carbocycles. The number of esters is 1. The summed E-state index contributed by atoms with van der Waals surface area (Å²) in [5.41, 5.74) is 5.43. The van der Waals surface area contributed by atoms with E-state index in [1.165, 1.54) is 12.7 Å². The molecule has 1 aromatic heterocycles. The molecule has 0 saturated carbocycles. The zero-order valence-corrected chi connectivity index (χ0v) is 78.1. The first-order chi connectivity index (χ1) is 62.5. The van der Waals surface area contributed by atoms with Crippen LogP contribution in [0, 0.1) is 0 Å². The van der Waals surface area contributed by atoms with Crippen molar-refractivity contribution >= 4 is 58.8 Å². The molecule has 39 heteroatoms. The van der Waals surface area contributed by atoms with Gasteiger partial charge in [-0.25, -0.2) is 0 Å². The minimum Gasteiger partial charge on any atom is -0.691 e. The summed E-state index contributed by atoms with van der Waals surface area (Å²) < 4.78 is 155. The number of hydrogen-bond donors (Lipinski definition) is 1. The lowest BCUT2D eigenvalue weighted by Gasteiger charge is -2.30. The number of benzene rings is 2. The van der Waals surface area contributed by atoms with Crippen molar-refractivity contribution in [3.63, 3.8) is 0 Å². The first-order valence-corrected chi connectivity index (χ1v) is 46.2. The van der Waals surface area contributed by atoms with Crippen LogP contribution in [-0.4, -0.2) is 355 Å². The number of carbonyl (C=O) groups is 2. The van der Waals surface area contributed by atoms with E-state index in [-0.39, 0.29) is 17.3 Å². The molecule has 0 bridgehead atoms. The molecular weight excluding hydrogens is 1710 g/mol. The first kappa shape index (κ1) is 115. The number of amides is 1. The molecule has 2 heterocycles. The monoisotopic (exact) mass is 1860 g/mol. The normalized spacial score (nSPS) is 13.9. The van der Waals surface area contributed by atoms with Gasteiger partial charge in [-0.1, -0.05) is 52.2 Å². The maximum absolute atomic E-state index is 12.9. The van der Waals surface area contributed by atoms with Crippen LogP contribution in [0.15, 0.2) is 63.6 Å². The summed E-state index contributed by atoms with van der Waals surface area (Å²) in [7, 11) is 3.04. The van der Waals surface area contributed by atoms with E-state index in [1.807, 2.05) is 36.4 Å². The summed E-state index contributed by atoms with van der Waals surface area (Å²) in [6, 6.07) is 12.3. The van der Waals surface area contributed by atoms with Gasteiger partial charge in [-0.15, -0.1) is 0 Å². The van der Waals surface area contributed by atoms with Gasteiger partial charge in [0.25, 0.3) is 5.52 Å². The van der Waals surface area contributed by atoms with E-state index in [4.69, 9.17) is 127 Å². The number of hydrogen-bond acceptors (Lipinski definition) is 37. The number of allylic oxidation sites excluding steroid dienone is 3. The van der Waals surface area contributed by atoms with Crippen LogP contribution in [0.2, 0.25) is 0 Å². The van der Waals surface area contributed by atoms with Crippen LogP contribution in [0.4, 0.5) is 5.69 Å². The molecule has 1 aliphatic rings. The van der Waals surface area contributed by atoms with Gasteiger partial charge in [0.15, 0.2) is 6.54 Å². The topological polar surface area (TPSA) is 380 Å². The highest BCUT2D eigenvalue weighted by Crippen LogP contribution is 2.52. The maximum Gasteiger partial charge on any atom is 0.374 e. The third-order valence-corrected chi connectivity index (χ3v) is 20.1. The Morgan fingerprint density at radius 3 is 1.20 bits per heavy atom. The molecule has 734 valence electrons. The summed E-state index contributed by atoms with van der Waals surface area (Å²) in [6.07, 6.45) is 12.9. The molecule has 0 saturated heterocycles. The molecule has 1 atom stereocenters. The molecule has 4 rings (SSSR count). The van der Waals surface area contributed by atoms with Gasteiger partial charge in [-0.2, -0.15) is 13.2 Å². The molecule has 0 spiro atoms. The zero-order chi connectivity index (χ0) is 90.8. The average molecular weight is 1860 g/mol. The molecule has 0 radical (unpaired) electrons. The molecular formula is C88H150N3O34S2-. The van der Waals surface area contributed by atoms with Crippen LogP contribution < -0.4 is 25.3 Å².